The van der Waals surface area contributed by atoms with Gasteiger partial charge in [-0.3, -0.25) is 0 Å². The smallest absolute Gasteiger partial charge is 0.0325 e. The van der Waals surface area contributed by atoms with Gasteiger partial charge in [-0.05, 0) is 38.5 Å². The zero-order chi connectivity index (χ0) is 10.1. The lowest BCUT2D eigenvalue weighted by molar-refractivity contribution is 0.515. The summed E-state index contributed by atoms with van der Waals surface area (Å²) in [6.45, 7) is 10.5. The van der Waals surface area contributed by atoms with Gasteiger partial charge in [-0.15, -0.1) is 6.58 Å². The number of hydrogen-bond acceptors (Lipinski definition) is 0. The van der Waals surface area contributed by atoms with Crippen molar-refractivity contribution in [2.45, 2.75) is 52.9 Å². The summed E-state index contributed by atoms with van der Waals surface area (Å²) in [5.74, 6) is 0.835. The van der Waals surface area contributed by atoms with E-state index in [-0.39, 0.29) is 0 Å². The van der Waals surface area contributed by atoms with Gasteiger partial charge in [-0.2, -0.15) is 0 Å². The van der Waals surface area contributed by atoms with Crippen LogP contribution < -0.4 is 0 Å². The highest BCUT2D eigenvalue weighted by atomic mass is 14.0. The van der Waals surface area contributed by atoms with Gasteiger partial charge in [0.05, 0.1) is 0 Å². The summed E-state index contributed by atoms with van der Waals surface area (Å²) in [6, 6.07) is 0. The van der Waals surface area contributed by atoms with Gasteiger partial charge in [0.15, 0.2) is 0 Å². The highest BCUT2D eigenvalue weighted by Gasteiger charge is 1.98. The quantitative estimate of drug-likeness (QED) is 0.497. The van der Waals surface area contributed by atoms with Gasteiger partial charge in [0.2, 0.25) is 0 Å². The van der Waals surface area contributed by atoms with E-state index in [0.29, 0.717) is 0 Å². The molecule has 13 heavy (non-hydrogen) atoms. The van der Waals surface area contributed by atoms with Crippen molar-refractivity contribution in [3.05, 3.63) is 24.3 Å². The molecule has 0 aliphatic rings. The second-order valence-electron chi connectivity index (χ2n) is 4.07. The number of rotatable bonds is 7. The molecule has 76 valence electrons. The minimum atomic E-state index is 0.835. The molecule has 0 bridgehead atoms. The molecule has 1 atom stereocenters. The molecule has 0 nitrogen and oxygen atoms in total. The van der Waals surface area contributed by atoms with Crippen molar-refractivity contribution >= 4 is 0 Å². The van der Waals surface area contributed by atoms with Gasteiger partial charge in [-0.25, -0.2) is 0 Å². The molecule has 0 spiro atoms. The van der Waals surface area contributed by atoms with Crippen molar-refractivity contribution in [1.82, 2.24) is 0 Å². The Morgan fingerprint density at radius 1 is 1.38 bits per heavy atom. The summed E-state index contributed by atoms with van der Waals surface area (Å²) in [5.41, 5.74) is 1.32. The minimum absolute atomic E-state index is 0.835. The highest BCUT2D eigenvalue weighted by molar-refractivity contribution is 4.88. The fourth-order valence-corrected chi connectivity index (χ4v) is 1.37. The molecule has 0 rings (SSSR count). The first-order valence-electron chi connectivity index (χ1n) is 5.46. The van der Waals surface area contributed by atoms with Gasteiger partial charge < -0.3 is 0 Å². The van der Waals surface area contributed by atoms with Crippen LogP contribution in [0.1, 0.15) is 52.9 Å². The SMILES string of the molecule is C=C(C)CCCC(C)C/C=C/CC. The van der Waals surface area contributed by atoms with Crippen LogP contribution in [0.2, 0.25) is 0 Å². The van der Waals surface area contributed by atoms with Crippen LogP contribution in [0, 0.1) is 5.92 Å². The van der Waals surface area contributed by atoms with Crippen molar-refractivity contribution in [2.24, 2.45) is 5.92 Å². The molecule has 0 amide bonds. The van der Waals surface area contributed by atoms with E-state index in [2.05, 4.69) is 39.5 Å². The molecule has 0 saturated heterocycles. The minimum Gasteiger partial charge on any atom is -0.100 e. The van der Waals surface area contributed by atoms with Gasteiger partial charge in [0.25, 0.3) is 0 Å². The lowest BCUT2D eigenvalue weighted by Gasteiger charge is -2.07. The van der Waals surface area contributed by atoms with Crippen molar-refractivity contribution in [3.63, 3.8) is 0 Å². The third-order valence-electron chi connectivity index (χ3n) is 2.24. The van der Waals surface area contributed by atoms with Crippen LogP contribution in [0.5, 0.6) is 0 Å². The second-order valence-corrected chi connectivity index (χ2v) is 4.07. The fourth-order valence-electron chi connectivity index (χ4n) is 1.37. The van der Waals surface area contributed by atoms with E-state index >= 15 is 0 Å². The Morgan fingerprint density at radius 2 is 2.08 bits per heavy atom. The Hall–Kier alpha value is -0.520. The first-order chi connectivity index (χ1) is 6.16. The van der Waals surface area contributed by atoms with Crippen molar-refractivity contribution < 1.29 is 0 Å². The van der Waals surface area contributed by atoms with E-state index in [1.807, 2.05) is 0 Å². The van der Waals surface area contributed by atoms with E-state index < -0.39 is 0 Å². The summed E-state index contributed by atoms with van der Waals surface area (Å²) in [4.78, 5) is 0. The maximum absolute atomic E-state index is 3.91. The lowest BCUT2D eigenvalue weighted by atomic mass is 9.99. The van der Waals surface area contributed by atoms with Crippen LogP contribution >= 0.6 is 0 Å². The largest absolute Gasteiger partial charge is 0.100 e. The van der Waals surface area contributed by atoms with Crippen LogP contribution in [0.25, 0.3) is 0 Å². The topological polar surface area (TPSA) is 0 Å². The Labute approximate surface area is 83.7 Å². The van der Waals surface area contributed by atoms with E-state index in [0.717, 1.165) is 5.92 Å². The zero-order valence-electron chi connectivity index (χ0n) is 9.47. The molecule has 0 aromatic rings. The lowest BCUT2D eigenvalue weighted by Crippen LogP contribution is -1.92. The van der Waals surface area contributed by atoms with Crippen LogP contribution in [-0.4, -0.2) is 0 Å². The molecule has 0 aliphatic heterocycles. The highest BCUT2D eigenvalue weighted by Crippen LogP contribution is 2.14. The van der Waals surface area contributed by atoms with E-state index in [1.165, 1.54) is 37.7 Å². The first-order valence-corrected chi connectivity index (χ1v) is 5.46. The third kappa shape index (κ3) is 9.39. The zero-order valence-corrected chi connectivity index (χ0v) is 9.47. The molecular weight excluding hydrogens is 156 g/mol. The van der Waals surface area contributed by atoms with E-state index in [9.17, 15) is 0 Å². The molecule has 0 aliphatic carbocycles. The fraction of sp³-hybridized carbons (Fsp3) is 0.692. The number of hydrogen-bond donors (Lipinski definition) is 0. The molecule has 0 heteroatoms. The monoisotopic (exact) mass is 180 g/mol. The maximum Gasteiger partial charge on any atom is -0.0325 e. The normalized spacial score (nSPS) is 13.5. The summed E-state index contributed by atoms with van der Waals surface area (Å²) in [7, 11) is 0. The average Bonchev–Trinajstić information content (AvgIpc) is 2.04. The Bertz CT molecular complexity index is 153. The van der Waals surface area contributed by atoms with Crippen LogP contribution in [-0.2, 0) is 0 Å². The second kappa shape index (κ2) is 8.10. The maximum atomic E-state index is 3.91. The van der Waals surface area contributed by atoms with E-state index in [1.54, 1.807) is 0 Å². The molecule has 0 saturated carbocycles. The Morgan fingerprint density at radius 3 is 2.62 bits per heavy atom. The van der Waals surface area contributed by atoms with Crippen LogP contribution in [0.3, 0.4) is 0 Å². The molecule has 0 N–H and O–H groups in total. The van der Waals surface area contributed by atoms with Crippen LogP contribution in [0.15, 0.2) is 24.3 Å². The molecule has 0 aromatic heterocycles. The van der Waals surface area contributed by atoms with Crippen molar-refractivity contribution in [2.75, 3.05) is 0 Å². The predicted molar refractivity (Wildman–Crippen MR) is 61.9 cm³/mol. The molecular formula is C13H24. The average molecular weight is 180 g/mol. The summed E-state index contributed by atoms with van der Waals surface area (Å²) < 4.78 is 0. The summed E-state index contributed by atoms with van der Waals surface area (Å²) in [6.07, 6.45) is 10.8. The third-order valence-corrected chi connectivity index (χ3v) is 2.24. The summed E-state index contributed by atoms with van der Waals surface area (Å²) in [5, 5.41) is 0. The standard InChI is InChI=1S/C13H24/c1-5-6-7-10-13(4)11-8-9-12(2)3/h6-7,13H,2,5,8-11H2,1,3-4H3/b7-6+. The Kier molecular flexibility index (Phi) is 7.77. The van der Waals surface area contributed by atoms with Crippen molar-refractivity contribution in [1.29, 1.82) is 0 Å². The van der Waals surface area contributed by atoms with Crippen LogP contribution in [0.4, 0.5) is 0 Å². The Balaban J connectivity index is 3.34. The molecule has 0 aromatic carbocycles. The molecule has 0 radical (unpaired) electrons. The summed E-state index contributed by atoms with van der Waals surface area (Å²) >= 11 is 0. The van der Waals surface area contributed by atoms with Crippen molar-refractivity contribution in [3.8, 4) is 0 Å². The van der Waals surface area contributed by atoms with E-state index in [4.69, 9.17) is 0 Å². The first kappa shape index (κ1) is 12.5. The van der Waals surface area contributed by atoms with Gasteiger partial charge in [-0.1, -0.05) is 38.0 Å². The number of allylic oxidation sites excluding steroid dienone is 3. The van der Waals surface area contributed by atoms with Gasteiger partial charge in [0.1, 0.15) is 0 Å². The molecule has 0 fully saturated rings. The van der Waals surface area contributed by atoms with Gasteiger partial charge in [0, 0.05) is 0 Å². The molecule has 1 unspecified atom stereocenters. The van der Waals surface area contributed by atoms with Gasteiger partial charge >= 0.3 is 0 Å². The molecule has 0 heterocycles. The predicted octanol–water partition coefficient (Wildman–Crippen LogP) is 4.73.